The van der Waals surface area contributed by atoms with Crippen LogP contribution in [0.3, 0.4) is 0 Å². The van der Waals surface area contributed by atoms with Crippen molar-refractivity contribution < 1.29 is 9.90 Å². The number of aromatic nitrogens is 2. The predicted molar refractivity (Wildman–Crippen MR) is 159 cm³/mol. The Morgan fingerprint density at radius 2 is 1.98 bits per heavy atom. The summed E-state index contributed by atoms with van der Waals surface area (Å²) >= 11 is 7.03. The standard InChI is InChI=1S/C30H40ClN7O2/c1-4-24(40)36-16-29(17-36)13-21(14-29)38-20(3)25(26-22(15-32)23(33)12-19(2)27(26)31)28(34-38)37-9-8-35(10-11-39)18-30(37)6-5-7-30/h4,12,15,21,32,39H,1,5-11,13-14,16-18,33H2,2-3H3. The van der Waals surface area contributed by atoms with E-state index in [1.165, 1.54) is 18.7 Å². The Hall–Kier alpha value is -2.88. The average molecular weight is 566 g/mol. The third-order valence-electron chi connectivity index (χ3n) is 9.95. The minimum absolute atomic E-state index is 0.00547. The van der Waals surface area contributed by atoms with Crippen LogP contribution in [0.15, 0.2) is 18.7 Å². The second kappa shape index (κ2) is 9.89. The molecule has 2 aromatic rings. The number of amides is 1. The lowest BCUT2D eigenvalue weighted by molar-refractivity contribution is -0.149. The summed E-state index contributed by atoms with van der Waals surface area (Å²) in [6.45, 7) is 12.7. The Bertz CT molecular complexity index is 1370. The van der Waals surface area contributed by atoms with Crippen molar-refractivity contribution in [2.24, 2.45) is 5.41 Å². The minimum Gasteiger partial charge on any atom is -0.398 e. The number of nitrogens with zero attached hydrogens (tertiary/aromatic N) is 5. The second-order valence-electron chi connectivity index (χ2n) is 12.4. The molecule has 0 radical (unpaired) electrons. The Morgan fingerprint density at radius 3 is 2.58 bits per heavy atom. The summed E-state index contributed by atoms with van der Waals surface area (Å²) in [5.74, 6) is 0.930. The molecule has 0 atom stereocenters. The molecule has 2 saturated carbocycles. The summed E-state index contributed by atoms with van der Waals surface area (Å²) < 4.78 is 2.18. The third kappa shape index (κ3) is 4.08. The van der Waals surface area contributed by atoms with Gasteiger partial charge in [0, 0.05) is 79.0 Å². The number of halogens is 1. The Labute approximate surface area is 241 Å². The number of nitrogen functional groups attached to an aromatic ring is 1. The SMILES string of the molecule is C=CC(=O)N1CC2(CC(n3nc(N4CCN(CCO)CC45CCC5)c(-c4c(Cl)c(C)cc(N)c4C=N)c3C)C2)C1. The van der Waals surface area contributed by atoms with E-state index in [2.05, 4.69) is 28.0 Å². The van der Waals surface area contributed by atoms with Crippen molar-refractivity contribution in [3.63, 3.8) is 0 Å². The number of aliphatic hydroxyl groups is 1. The highest BCUT2D eigenvalue weighted by atomic mass is 35.5. The van der Waals surface area contributed by atoms with E-state index in [0.29, 0.717) is 22.8 Å². The number of hydrogen-bond donors (Lipinski definition) is 3. The summed E-state index contributed by atoms with van der Waals surface area (Å²) in [7, 11) is 0. The first kappa shape index (κ1) is 27.3. The molecular formula is C30H40ClN7O2. The van der Waals surface area contributed by atoms with Crippen LogP contribution in [0.5, 0.6) is 0 Å². The van der Waals surface area contributed by atoms with Crippen LogP contribution < -0.4 is 10.6 Å². The summed E-state index contributed by atoms with van der Waals surface area (Å²) in [6.07, 6.45) is 8.01. The Morgan fingerprint density at radius 1 is 1.25 bits per heavy atom. The maximum Gasteiger partial charge on any atom is 0.245 e. The molecule has 4 aliphatic rings. The zero-order chi connectivity index (χ0) is 28.4. The highest BCUT2D eigenvalue weighted by Gasteiger charge is 2.55. The van der Waals surface area contributed by atoms with Crippen molar-refractivity contribution >= 4 is 35.2 Å². The summed E-state index contributed by atoms with van der Waals surface area (Å²) in [4.78, 5) is 18.8. The predicted octanol–water partition coefficient (Wildman–Crippen LogP) is 3.79. The second-order valence-corrected chi connectivity index (χ2v) is 12.8. The lowest BCUT2D eigenvalue weighted by Crippen LogP contribution is -2.66. The van der Waals surface area contributed by atoms with E-state index in [-0.39, 0.29) is 29.5 Å². The number of nitrogens with two attached hydrogens (primary N) is 1. The molecule has 2 aliphatic heterocycles. The smallest absolute Gasteiger partial charge is 0.245 e. The summed E-state index contributed by atoms with van der Waals surface area (Å²) in [5, 5.41) is 23.8. The molecule has 214 valence electrons. The summed E-state index contributed by atoms with van der Waals surface area (Å²) in [6, 6.07) is 2.08. The molecule has 1 amide bonds. The number of likely N-dealkylation sites (tertiary alicyclic amines) is 1. The van der Waals surface area contributed by atoms with E-state index in [1.54, 1.807) is 0 Å². The lowest BCUT2D eigenvalue weighted by atomic mass is 9.60. The molecule has 40 heavy (non-hydrogen) atoms. The van der Waals surface area contributed by atoms with Gasteiger partial charge in [0.25, 0.3) is 0 Å². The highest BCUT2D eigenvalue weighted by Crippen LogP contribution is 2.56. The highest BCUT2D eigenvalue weighted by molar-refractivity contribution is 6.35. The van der Waals surface area contributed by atoms with Crippen LogP contribution in [0.2, 0.25) is 5.02 Å². The minimum atomic E-state index is -0.0269. The number of hydrogen-bond acceptors (Lipinski definition) is 7. The molecule has 0 bridgehead atoms. The van der Waals surface area contributed by atoms with E-state index in [0.717, 1.165) is 86.6 Å². The van der Waals surface area contributed by atoms with E-state index in [1.807, 2.05) is 17.9 Å². The Kier molecular flexibility index (Phi) is 6.75. The average Bonchev–Trinajstić information content (AvgIpc) is 3.19. The van der Waals surface area contributed by atoms with Crippen LogP contribution in [-0.2, 0) is 4.79 Å². The van der Waals surface area contributed by atoms with Gasteiger partial charge in [0.05, 0.1) is 23.2 Å². The molecule has 1 aromatic carbocycles. The zero-order valence-electron chi connectivity index (χ0n) is 23.5. The van der Waals surface area contributed by atoms with Crippen LogP contribution >= 0.6 is 11.6 Å². The lowest BCUT2D eigenvalue weighted by Gasteiger charge is -2.59. The van der Waals surface area contributed by atoms with Gasteiger partial charge in [-0.05, 0) is 63.7 Å². The van der Waals surface area contributed by atoms with Crippen molar-refractivity contribution in [1.82, 2.24) is 19.6 Å². The van der Waals surface area contributed by atoms with E-state index < -0.39 is 0 Å². The van der Waals surface area contributed by atoms with Crippen LogP contribution in [0, 0.1) is 24.7 Å². The first-order valence-corrected chi connectivity index (χ1v) is 14.7. The topological polar surface area (TPSA) is 115 Å². The number of aryl methyl sites for hydroxylation is 1. The van der Waals surface area contributed by atoms with Gasteiger partial charge in [-0.15, -0.1) is 0 Å². The largest absolute Gasteiger partial charge is 0.398 e. The van der Waals surface area contributed by atoms with Crippen LogP contribution in [0.25, 0.3) is 11.1 Å². The van der Waals surface area contributed by atoms with Crippen molar-refractivity contribution in [3.8, 4) is 11.1 Å². The van der Waals surface area contributed by atoms with Gasteiger partial charge >= 0.3 is 0 Å². The van der Waals surface area contributed by atoms with Crippen molar-refractivity contribution in [2.45, 2.75) is 57.5 Å². The maximum atomic E-state index is 12.0. The molecule has 6 rings (SSSR count). The van der Waals surface area contributed by atoms with Crippen molar-refractivity contribution in [3.05, 3.63) is 40.6 Å². The molecule has 1 aromatic heterocycles. The molecule has 4 N–H and O–H groups in total. The third-order valence-corrected chi connectivity index (χ3v) is 10.4. The number of carbonyl (C=O) groups excluding carboxylic acids is 1. The molecule has 2 saturated heterocycles. The van der Waals surface area contributed by atoms with Crippen LogP contribution in [0.1, 0.15) is 55.0 Å². The molecule has 4 fully saturated rings. The number of benzene rings is 1. The van der Waals surface area contributed by atoms with Gasteiger partial charge in [-0.3, -0.25) is 14.4 Å². The molecule has 0 unspecified atom stereocenters. The molecule has 9 nitrogen and oxygen atoms in total. The van der Waals surface area contributed by atoms with E-state index in [4.69, 9.17) is 27.8 Å². The fourth-order valence-electron chi connectivity index (χ4n) is 7.73. The molecule has 10 heteroatoms. The number of nitrogens with one attached hydrogen (secondary N) is 1. The fourth-order valence-corrected chi connectivity index (χ4v) is 7.98. The van der Waals surface area contributed by atoms with Gasteiger partial charge in [0.1, 0.15) is 0 Å². The van der Waals surface area contributed by atoms with Gasteiger partial charge in [-0.25, -0.2) is 0 Å². The van der Waals surface area contributed by atoms with Gasteiger partial charge in [-0.2, -0.15) is 5.10 Å². The molecule has 2 spiro atoms. The number of anilines is 2. The van der Waals surface area contributed by atoms with Crippen molar-refractivity contribution in [2.75, 3.05) is 56.5 Å². The van der Waals surface area contributed by atoms with Crippen molar-refractivity contribution in [1.29, 1.82) is 5.41 Å². The summed E-state index contributed by atoms with van der Waals surface area (Å²) in [5.41, 5.74) is 11.4. The number of rotatable bonds is 7. The first-order chi connectivity index (χ1) is 19.2. The van der Waals surface area contributed by atoms with Crippen LogP contribution in [-0.4, -0.2) is 88.2 Å². The molecule has 3 heterocycles. The number of aliphatic hydroxyl groups excluding tert-OH is 1. The maximum absolute atomic E-state index is 12.0. The van der Waals surface area contributed by atoms with E-state index >= 15 is 0 Å². The quantitative estimate of drug-likeness (QED) is 0.267. The van der Waals surface area contributed by atoms with Gasteiger partial charge in [0.2, 0.25) is 5.91 Å². The van der Waals surface area contributed by atoms with E-state index in [9.17, 15) is 9.90 Å². The van der Waals surface area contributed by atoms with Crippen LogP contribution in [0.4, 0.5) is 11.5 Å². The normalized spacial score (nSPS) is 21.7. The zero-order valence-corrected chi connectivity index (χ0v) is 24.3. The number of β-amino-alcohol motifs (C(OH)–C–C–N with tert-alkyl or cyclic N) is 1. The molecular weight excluding hydrogens is 526 g/mol. The van der Waals surface area contributed by atoms with Gasteiger partial charge in [-0.1, -0.05) is 18.2 Å². The van der Waals surface area contributed by atoms with Gasteiger partial charge in [0.15, 0.2) is 5.82 Å². The number of carbonyl (C=O) groups is 1. The first-order valence-electron chi connectivity index (χ1n) is 14.4. The number of piperazine rings is 1. The molecule has 2 aliphatic carbocycles. The van der Waals surface area contributed by atoms with Gasteiger partial charge < -0.3 is 26.0 Å². The Balaban J connectivity index is 1.42. The monoisotopic (exact) mass is 565 g/mol. The fraction of sp³-hybridized carbons (Fsp3) is 0.567.